The molecule has 2 aromatic rings. The lowest BCUT2D eigenvalue weighted by atomic mass is 10.1. The van der Waals surface area contributed by atoms with Gasteiger partial charge in [-0.2, -0.15) is 0 Å². The summed E-state index contributed by atoms with van der Waals surface area (Å²) in [5.41, 5.74) is 0.540. The summed E-state index contributed by atoms with van der Waals surface area (Å²) < 4.78 is 0. The summed E-state index contributed by atoms with van der Waals surface area (Å²) in [6.45, 7) is 10.4. The molecule has 2 N–H and O–H groups in total. The Morgan fingerprint density at radius 3 is 2.64 bits per heavy atom. The molecule has 0 radical (unpaired) electrons. The van der Waals surface area contributed by atoms with E-state index in [1.54, 1.807) is 18.3 Å². The van der Waals surface area contributed by atoms with Crippen LogP contribution in [0.1, 0.15) is 20.3 Å². The molecule has 150 valence electrons. The molecule has 7 nitrogen and oxygen atoms in total. The maximum Gasteiger partial charge on any atom is 0.321 e. The van der Waals surface area contributed by atoms with Crippen molar-refractivity contribution in [1.29, 1.82) is 0 Å². The average molecular weight is 383 g/mol. The van der Waals surface area contributed by atoms with E-state index in [0.717, 1.165) is 51.1 Å². The molecular formula is C21H29N5O2. The van der Waals surface area contributed by atoms with Crippen molar-refractivity contribution in [2.75, 3.05) is 44.6 Å². The van der Waals surface area contributed by atoms with Gasteiger partial charge in [-0.3, -0.25) is 14.6 Å². The first kappa shape index (κ1) is 19.0. The number of anilines is 1. The smallest absolute Gasteiger partial charge is 0.321 e. The average Bonchev–Trinajstić information content (AvgIpc) is 3.19. The summed E-state index contributed by atoms with van der Waals surface area (Å²) in [4.78, 5) is 34.4. The van der Waals surface area contributed by atoms with Crippen LogP contribution in [-0.4, -0.2) is 77.1 Å². The number of nitrogens with one attached hydrogen (secondary N) is 2. The number of carbonyl (C=O) groups excluding carboxylic acids is 1. The highest BCUT2D eigenvalue weighted by Gasteiger charge is 2.32. The van der Waals surface area contributed by atoms with Crippen LogP contribution in [0.5, 0.6) is 0 Å². The first-order valence-corrected chi connectivity index (χ1v) is 10.2. The van der Waals surface area contributed by atoms with E-state index in [-0.39, 0.29) is 11.6 Å². The first-order valence-electron chi connectivity index (χ1n) is 10.2. The number of amides is 2. The summed E-state index contributed by atoms with van der Waals surface area (Å²) in [5.74, 6) is 0. The van der Waals surface area contributed by atoms with Crippen molar-refractivity contribution in [3.05, 3.63) is 40.8 Å². The molecule has 0 saturated carbocycles. The van der Waals surface area contributed by atoms with Crippen LogP contribution < -0.4 is 10.9 Å². The van der Waals surface area contributed by atoms with Crippen molar-refractivity contribution in [2.24, 2.45) is 0 Å². The summed E-state index contributed by atoms with van der Waals surface area (Å²) in [6, 6.07) is 8.19. The third kappa shape index (κ3) is 3.77. The lowest BCUT2D eigenvalue weighted by molar-refractivity contribution is 0.0812. The topological polar surface area (TPSA) is 71.7 Å². The molecule has 2 saturated heterocycles. The summed E-state index contributed by atoms with van der Waals surface area (Å²) >= 11 is 0. The zero-order valence-corrected chi connectivity index (χ0v) is 16.6. The number of benzene rings is 1. The Kier molecular flexibility index (Phi) is 5.37. The molecule has 1 aromatic heterocycles. The van der Waals surface area contributed by atoms with Crippen molar-refractivity contribution in [1.82, 2.24) is 19.7 Å². The molecule has 0 aliphatic carbocycles. The van der Waals surface area contributed by atoms with Crippen molar-refractivity contribution in [3.8, 4) is 0 Å². The van der Waals surface area contributed by atoms with Crippen LogP contribution in [0.15, 0.2) is 35.3 Å². The number of aromatic nitrogens is 1. The Morgan fingerprint density at radius 1 is 1.11 bits per heavy atom. The number of rotatable bonds is 3. The van der Waals surface area contributed by atoms with E-state index in [1.807, 2.05) is 17.0 Å². The van der Waals surface area contributed by atoms with E-state index in [1.165, 1.54) is 0 Å². The fourth-order valence-corrected chi connectivity index (χ4v) is 4.37. The van der Waals surface area contributed by atoms with E-state index < -0.39 is 0 Å². The molecule has 1 atom stereocenters. The summed E-state index contributed by atoms with van der Waals surface area (Å²) in [7, 11) is 0. The Morgan fingerprint density at radius 2 is 1.89 bits per heavy atom. The number of likely N-dealkylation sites (tertiary alicyclic amines) is 1. The Hall–Kier alpha value is -2.38. The van der Waals surface area contributed by atoms with Crippen LogP contribution in [0.3, 0.4) is 0 Å². The van der Waals surface area contributed by atoms with E-state index in [2.05, 4.69) is 33.9 Å². The van der Waals surface area contributed by atoms with Gasteiger partial charge in [0.2, 0.25) is 0 Å². The second kappa shape index (κ2) is 7.93. The standard InChI is InChI=1S/C21H29N5O2/c1-15(2)24-10-12-25(13-11-24)16-7-9-26(14-16)21(28)23-19-5-3-4-18-17(19)6-8-22-20(18)27/h3-6,8,15-16H,7,9-14H2,1-2H3,(H,22,27)(H,23,28). The SMILES string of the molecule is CC(C)N1CCN(C2CCN(C(=O)Nc3cccc4c(=O)[nH]ccc34)C2)CC1. The van der Waals surface area contributed by atoms with Gasteiger partial charge in [-0.15, -0.1) is 0 Å². The molecular weight excluding hydrogens is 354 g/mol. The van der Waals surface area contributed by atoms with Crippen LogP contribution in [0.25, 0.3) is 10.8 Å². The third-order valence-corrected chi connectivity index (χ3v) is 6.10. The molecule has 3 heterocycles. The number of aromatic amines is 1. The molecule has 1 unspecified atom stereocenters. The first-order chi connectivity index (χ1) is 13.5. The highest BCUT2D eigenvalue weighted by atomic mass is 16.2. The number of hydrogen-bond donors (Lipinski definition) is 2. The van der Waals surface area contributed by atoms with Crippen molar-refractivity contribution < 1.29 is 4.79 Å². The summed E-state index contributed by atoms with van der Waals surface area (Å²) in [6.07, 6.45) is 2.63. The quantitative estimate of drug-likeness (QED) is 0.852. The van der Waals surface area contributed by atoms with Gasteiger partial charge in [0, 0.05) is 68.3 Å². The second-order valence-corrected chi connectivity index (χ2v) is 8.06. The minimum atomic E-state index is -0.143. The lowest BCUT2D eigenvalue weighted by Crippen LogP contribution is -2.52. The van der Waals surface area contributed by atoms with Crippen LogP contribution in [0.2, 0.25) is 0 Å². The largest absolute Gasteiger partial charge is 0.329 e. The van der Waals surface area contributed by atoms with Crippen LogP contribution >= 0.6 is 0 Å². The maximum atomic E-state index is 12.8. The van der Waals surface area contributed by atoms with E-state index in [4.69, 9.17) is 0 Å². The minimum absolute atomic E-state index is 0.0869. The van der Waals surface area contributed by atoms with Crippen molar-refractivity contribution >= 4 is 22.5 Å². The van der Waals surface area contributed by atoms with Crippen LogP contribution in [0, 0.1) is 0 Å². The normalized spacial score (nSPS) is 21.5. The highest BCUT2D eigenvalue weighted by Crippen LogP contribution is 2.23. The molecule has 0 bridgehead atoms. The molecule has 4 rings (SSSR count). The lowest BCUT2D eigenvalue weighted by Gasteiger charge is -2.39. The van der Waals surface area contributed by atoms with Crippen LogP contribution in [0.4, 0.5) is 10.5 Å². The Balaban J connectivity index is 1.38. The number of nitrogens with zero attached hydrogens (tertiary/aromatic N) is 3. The zero-order chi connectivity index (χ0) is 19.7. The number of fused-ring (bicyclic) bond motifs is 1. The van der Waals surface area contributed by atoms with E-state index >= 15 is 0 Å². The number of carbonyl (C=O) groups is 1. The van der Waals surface area contributed by atoms with Crippen LogP contribution in [-0.2, 0) is 0 Å². The van der Waals surface area contributed by atoms with E-state index in [9.17, 15) is 9.59 Å². The van der Waals surface area contributed by atoms with Gasteiger partial charge in [0.05, 0.1) is 5.69 Å². The van der Waals surface area contributed by atoms with Gasteiger partial charge in [-0.25, -0.2) is 4.79 Å². The fraction of sp³-hybridized carbons (Fsp3) is 0.524. The number of piperazine rings is 1. The van der Waals surface area contributed by atoms with E-state index in [0.29, 0.717) is 23.2 Å². The van der Waals surface area contributed by atoms with Gasteiger partial charge in [-0.1, -0.05) is 6.07 Å². The number of urea groups is 1. The second-order valence-electron chi connectivity index (χ2n) is 8.06. The number of H-pyrrole nitrogens is 1. The Labute approximate surface area is 165 Å². The molecule has 0 spiro atoms. The summed E-state index contributed by atoms with van der Waals surface area (Å²) in [5, 5.41) is 4.36. The molecule has 7 heteroatoms. The molecule has 1 aromatic carbocycles. The maximum absolute atomic E-state index is 12.8. The van der Waals surface area contributed by atoms with Crippen molar-refractivity contribution in [3.63, 3.8) is 0 Å². The number of hydrogen-bond acceptors (Lipinski definition) is 4. The zero-order valence-electron chi connectivity index (χ0n) is 16.6. The van der Waals surface area contributed by atoms with Gasteiger partial charge >= 0.3 is 6.03 Å². The highest BCUT2D eigenvalue weighted by molar-refractivity contribution is 6.01. The number of pyridine rings is 1. The van der Waals surface area contributed by atoms with Gasteiger partial charge in [0.25, 0.3) is 5.56 Å². The predicted octanol–water partition coefficient (Wildman–Crippen LogP) is 2.16. The molecule has 2 aliphatic rings. The molecule has 2 amide bonds. The third-order valence-electron chi connectivity index (χ3n) is 6.10. The minimum Gasteiger partial charge on any atom is -0.329 e. The molecule has 28 heavy (non-hydrogen) atoms. The molecule has 2 fully saturated rings. The van der Waals surface area contributed by atoms with Gasteiger partial charge in [0.15, 0.2) is 0 Å². The van der Waals surface area contributed by atoms with Gasteiger partial charge in [-0.05, 0) is 38.5 Å². The Bertz CT molecular complexity index is 901. The van der Waals surface area contributed by atoms with Crippen molar-refractivity contribution in [2.45, 2.75) is 32.4 Å². The predicted molar refractivity (Wildman–Crippen MR) is 112 cm³/mol. The fourth-order valence-electron chi connectivity index (χ4n) is 4.37. The van der Waals surface area contributed by atoms with Gasteiger partial charge < -0.3 is 15.2 Å². The molecule has 2 aliphatic heterocycles. The van der Waals surface area contributed by atoms with Gasteiger partial charge in [0.1, 0.15) is 0 Å². The monoisotopic (exact) mass is 383 g/mol.